The van der Waals surface area contributed by atoms with Gasteiger partial charge in [-0.05, 0) is 6.92 Å². The van der Waals surface area contributed by atoms with Gasteiger partial charge >= 0.3 is 5.97 Å². The van der Waals surface area contributed by atoms with Crippen LogP contribution < -0.4 is 5.32 Å². The van der Waals surface area contributed by atoms with E-state index in [1.54, 1.807) is 13.0 Å². The molecular weight excluding hydrogens is 226 g/mol. The maximum absolute atomic E-state index is 11.3. The minimum Gasteiger partial charge on any atom is -0.463 e. The molecule has 7 heteroatoms. The molecule has 0 saturated heterocycles. The lowest BCUT2D eigenvalue weighted by atomic mass is 10.3. The molecule has 0 bridgehead atoms. The minimum absolute atomic E-state index is 0.0652. The van der Waals surface area contributed by atoms with Crippen molar-refractivity contribution in [3.63, 3.8) is 0 Å². The van der Waals surface area contributed by atoms with Gasteiger partial charge in [0.1, 0.15) is 5.82 Å². The number of aromatic nitrogens is 2. The predicted octanol–water partition coefficient (Wildman–Crippen LogP) is -0.663. The van der Waals surface area contributed by atoms with E-state index in [1.165, 1.54) is 7.11 Å². The van der Waals surface area contributed by atoms with Crippen molar-refractivity contribution >= 4 is 11.8 Å². The fourth-order valence-corrected chi connectivity index (χ4v) is 1.18. The fraction of sp³-hybridized carbons (Fsp3) is 0.500. The first kappa shape index (κ1) is 13.3. The number of aryl methyl sites for hydroxylation is 1. The van der Waals surface area contributed by atoms with Crippen molar-refractivity contribution in [3.05, 3.63) is 17.6 Å². The monoisotopic (exact) mass is 241 g/mol. The Bertz CT molecular complexity index is 393. The molecule has 94 valence electrons. The number of esters is 1. The number of nitrogens with zero attached hydrogens (tertiary/aromatic N) is 2. The molecule has 0 radical (unpaired) electrons. The van der Waals surface area contributed by atoms with Crippen molar-refractivity contribution < 1.29 is 19.7 Å². The number of aliphatic hydroxyl groups is 2. The predicted molar refractivity (Wildman–Crippen MR) is 59.7 cm³/mol. The van der Waals surface area contributed by atoms with Crippen LogP contribution in [0.5, 0.6) is 0 Å². The number of carbonyl (C=O) groups excluding carboxylic acids is 1. The van der Waals surface area contributed by atoms with E-state index in [4.69, 9.17) is 10.2 Å². The molecule has 1 aromatic rings. The molecule has 7 nitrogen and oxygen atoms in total. The number of nitrogens with one attached hydrogen (secondary N) is 1. The standard InChI is InChI=1S/C10H15N3O4/c1-6-3-8(12-7(4-14)5-15)13-9(11-6)10(16)17-2/h3,7,14-15H,4-5H2,1-2H3,(H,11,12,13). The van der Waals surface area contributed by atoms with E-state index in [-0.39, 0.29) is 19.0 Å². The highest BCUT2D eigenvalue weighted by Crippen LogP contribution is 2.08. The van der Waals surface area contributed by atoms with Crippen LogP contribution in [0.3, 0.4) is 0 Å². The maximum Gasteiger partial charge on any atom is 0.376 e. The lowest BCUT2D eigenvalue weighted by Crippen LogP contribution is -2.28. The molecule has 0 saturated carbocycles. The molecular formula is C10H15N3O4. The molecule has 0 spiro atoms. The van der Waals surface area contributed by atoms with Crippen molar-refractivity contribution in [2.45, 2.75) is 13.0 Å². The summed E-state index contributed by atoms with van der Waals surface area (Å²) in [5, 5.41) is 20.6. The van der Waals surface area contributed by atoms with Gasteiger partial charge in [-0.25, -0.2) is 14.8 Å². The van der Waals surface area contributed by atoms with Crippen LogP contribution in [0, 0.1) is 6.92 Å². The summed E-state index contributed by atoms with van der Waals surface area (Å²) < 4.78 is 4.51. The second-order valence-corrected chi connectivity index (χ2v) is 3.42. The van der Waals surface area contributed by atoms with Gasteiger partial charge in [0, 0.05) is 11.8 Å². The second kappa shape index (κ2) is 6.12. The Morgan fingerprint density at radius 1 is 1.47 bits per heavy atom. The van der Waals surface area contributed by atoms with E-state index >= 15 is 0 Å². The van der Waals surface area contributed by atoms with Crippen LogP contribution in [0.15, 0.2) is 6.07 Å². The topological polar surface area (TPSA) is 105 Å². The Balaban J connectivity index is 2.93. The summed E-state index contributed by atoms with van der Waals surface area (Å²) in [4.78, 5) is 19.1. The molecule has 0 amide bonds. The Morgan fingerprint density at radius 2 is 2.12 bits per heavy atom. The van der Waals surface area contributed by atoms with Crippen molar-refractivity contribution in [1.82, 2.24) is 9.97 Å². The summed E-state index contributed by atoms with van der Waals surface area (Å²) in [5.41, 5.74) is 0.581. The summed E-state index contributed by atoms with van der Waals surface area (Å²) in [6.45, 7) is 1.21. The molecule has 0 aliphatic rings. The zero-order valence-corrected chi connectivity index (χ0v) is 9.67. The normalized spacial score (nSPS) is 10.4. The Labute approximate surface area is 98.5 Å². The first-order valence-electron chi connectivity index (χ1n) is 5.03. The molecule has 1 rings (SSSR count). The second-order valence-electron chi connectivity index (χ2n) is 3.42. The Morgan fingerprint density at radius 3 is 2.65 bits per heavy atom. The molecule has 0 unspecified atom stereocenters. The van der Waals surface area contributed by atoms with Crippen LogP contribution in [0.25, 0.3) is 0 Å². The van der Waals surface area contributed by atoms with Gasteiger partial charge in [0.05, 0.1) is 26.4 Å². The van der Waals surface area contributed by atoms with Gasteiger partial charge in [-0.1, -0.05) is 0 Å². The quantitative estimate of drug-likeness (QED) is 0.587. The van der Waals surface area contributed by atoms with E-state index < -0.39 is 12.0 Å². The highest BCUT2D eigenvalue weighted by atomic mass is 16.5. The van der Waals surface area contributed by atoms with Crippen LogP contribution in [-0.4, -0.2) is 52.5 Å². The number of hydrogen-bond donors (Lipinski definition) is 3. The van der Waals surface area contributed by atoms with Crippen molar-refractivity contribution in [2.24, 2.45) is 0 Å². The van der Waals surface area contributed by atoms with E-state index in [0.29, 0.717) is 11.5 Å². The summed E-state index contributed by atoms with van der Waals surface area (Å²) in [6.07, 6.45) is 0. The van der Waals surface area contributed by atoms with Crippen LogP contribution in [0.1, 0.15) is 16.3 Å². The lowest BCUT2D eigenvalue weighted by Gasteiger charge is -2.14. The summed E-state index contributed by atoms with van der Waals surface area (Å²) in [5.74, 6) is -0.350. The zero-order valence-electron chi connectivity index (χ0n) is 9.67. The number of anilines is 1. The molecule has 0 aliphatic carbocycles. The van der Waals surface area contributed by atoms with Crippen LogP contribution >= 0.6 is 0 Å². The van der Waals surface area contributed by atoms with Gasteiger partial charge in [-0.2, -0.15) is 0 Å². The van der Waals surface area contributed by atoms with Crippen LogP contribution in [0.4, 0.5) is 5.82 Å². The number of ether oxygens (including phenoxy) is 1. The molecule has 0 aliphatic heterocycles. The molecule has 3 N–H and O–H groups in total. The average molecular weight is 241 g/mol. The average Bonchev–Trinajstić information content (AvgIpc) is 2.34. The third-order valence-electron chi connectivity index (χ3n) is 2.01. The molecule has 1 aromatic heterocycles. The highest BCUT2D eigenvalue weighted by molar-refractivity contribution is 5.85. The molecule has 0 fully saturated rings. The number of carbonyl (C=O) groups is 1. The summed E-state index contributed by atoms with van der Waals surface area (Å²) >= 11 is 0. The number of rotatable bonds is 5. The zero-order chi connectivity index (χ0) is 12.8. The minimum atomic E-state index is -0.638. The highest BCUT2D eigenvalue weighted by Gasteiger charge is 2.13. The van der Waals surface area contributed by atoms with Crippen LogP contribution in [0.2, 0.25) is 0 Å². The van der Waals surface area contributed by atoms with Crippen LogP contribution in [-0.2, 0) is 4.74 Å². The fourth-order valence-electron chi connectivity index (χ4n) is 1.18. The van der Waals surface area contributed by atoms with Gasteiger partial charge in [-0.15, -0.1) is 0 Å². The number of methoxy groups -OCH3 is 1. The van der Waals surface area contributed by atoms with E-state index in [9.17, 15) is 4.79 Å². The van der Waals surface area contributed by atoms with Gasteiger partial charge in [0.2, 0.25) is 5.82 Å². The molecule has 0 atom stereocenters. The van der Waals surface area contributed by atoms with Gasteiger partial charge in [0.25, 0.3) is 0 Å². The first-order valence-corrected chi connectivity index (χ1v) is 5.03. The Kier molecular flexibility index (Phi) is 4.80. The smallest absolute Gasteiger partial charge is 0.376 e. The summed E-state index contributed by atoms with van der Waals surface area (Å²) in [7, 11) is 1.24. The number of aliphatic hydroxyl groups excluding tert-OH is 2. The Hall–Kier alpha value is -1.73. The maximum atomic E-state index is 11.3. The van der Waals surface area contributed by atoms with Crippen molar-refractivity contribution in [2.75, 3.05) is 25.6 Å². The van der Waals surface area contributed by atoms with E-state index in [1.807, 2.05) is 0 Å². The third-order valence-corrected chi connectivity index (χ3v) is 2.01. The summed E-state index contributed by atoms with van der Waals surface area (Å²) in [6, 6.07) is 1.07. The van der Waals surface area contributed by atoms with E-state index in [0.717, 1.165) is 0 Å². The largest absolute Gasteiger partial charge is 0.463 e. The van der Waals surface area contributed by atoms with Gasteiger partial charge in [0.15, 0.2) is 0 Å². The molecule has 0 aromatic carbocycles. The van der Waals surface area contributed by atoms with Crippen molar-refractivity contribution in [1.29, 1.82) is 0 Å². The number of hydrogen-bond acceptors (Lipinski definition) is 7. The SMILES string of the molecule is COC(=O)c1nc(C)cc(NC(CO)CO)n1. The van der Waals surface area contributed by atoms with Crippen molar-refractivity contribution in [3.8, 4) is 0 Å². The van der Waals surface area contributed by atoms with E-state index in [2.05, 4.69) is 20.0 Å². The van der Waals surface area contributed by atoms with Gasteiger partial charge in [-0.3, -0.25) is 0 Å². The first-order chi connectivity index (χ1) is 8.10. The molecule has 1 heterocycles. The molecule has 17 heavy (non-hydrogen) atoms. The van der Waals surface area contributed by atoms with Gasteiger partial charge < -0.3 is 20.3 Å². The lowest BCUT2D eigenvalue weighted by molar-refractivity contribution is 0.0586. The third kappa shape index (κ3) is 3.65.